The van der Waals surface area contributed by atoms with Crippen molar-refractivity contribution in [2.24, 2.45) is 7.05 Å². The number of benzene rings is 2. The lowest BCUT2D eigenvalue weighted by Crippen LogP contribution is -2.38. The fraction of sp³-hybridized carbons (Fsp3) is 0.348. The van der Waals surface area contributed by atoms with Crippen molar-refractivity contribution in [1.82, 2.24) is 14.8 Å². The van der Waals surface area contributed by atoms with E-state index in [-0.39, 0.29) is 24.4 Å². The molecule has 2 aromatic carbocycles. The van der Waals surface area contributed by atoms with Crippen LogP contribution in [-0.2, 0) is 18.4 Å². The van der Waals surface area contributed by atoms with E-state index in [1.54, 1.807) is 13.2 Å². The van der Waals surface area contributed by atoms with Gasteiger partial charge in [0.05, 0.1) is 7.11 Å². The molecular weight excluding hydrogens is 388 g/mol. The second-order valence-electron chi connectivity index (χ2n) is 7.90. The Labute approximate surface area is 174 Å². The number of hydrogen-bond acceptors (Lipinski definition) is 3. The summed E-state index contributed by atoms with van der Waals surface area (Å²) in [7, 11) is 3.62. The second-order valence-corrected chi connectivity index (χ2v) is 7.90. The molecule has 0 unspecified atom stereocenters. The van der Waals surface area contributed by atoms with Gasteiger partial charge in [-0.3, -0.25) is 9.69 Å². The quantitative estimate of drug-likeness (QED) is 0.696. The van der Waals surface area contributed by atoms with Crippen LogP contribution in [0.1, 0.15) is 24.0 Å². The number of hydrogen-bond donors (Lipinski definition) is 1. The Morgan fingerprint density at radius 3 is 2.77 bits per heavy atom. The number of nitrogens with one attached hydrogen (secondary N) is 1. The molecule has 1 amide bonds. The molecule has 3 aromatic rings. The number of aryl methyl sites for hydroxylation is 1. The van der Waals surface area contributed by atoms with Gasteiger partial charge in [-0.15, -0.1) is 0 Å². The van der Waals surface area contributed by atoms with Gasteiger partial charge in [-0.1, -0.05) is 12.1 Å². The highest BCUT2D eigenvalue weighted by atomic mass is 19.2. The molecule has 158 valence electrons. The summed E-state index contributed by atoms with van der Waals surface area (Å²) < 4.78 is 35.3. The standard InChI is InChI=1S/C23H25F2N3O2/c1-14(29)26-21-13-28(10-15-5-4-6-20(24)23(15)25)12-19(21)18-11-27(2)22-8-7-16(30-3)9-17(18)22/h4-9,11,19,21H,10,12-13H2,1-3H3,(H,26,29)/t19-,21+/m1/s1. The lowest BCUT2D eigenvalue weighted by Gasteiger charge is -2.19. The highest BCUT2D eigenvalue weighted by Gasteiger charge is 2.36. The molecule has 2 heterocycles. The fourth-order valence-electron chi connectivity index (χ4n) is 4.47. The molecule has 1 aromatic heterocycles. The normalized spacial score (nSPS) is 19.4. The number of amides is 1. The molecule has 1 aliphatic rings. The van der Waals surface area contributed by atoms with Crippen LogP contribution >= 0.6 is 0 Å². The highest BCUT2D eigenvalue weighted by molar-refractivity contribution is 5.86. The summed E-state index contributed by atoms with van der Waals surface area (Å²) >= 11 is 0. The minimum absolute atomic E-state index is 0.0151. The molecule has 0 spiro atoms. The zero-order valence-electron chi connectivity index (χ0n) is 17.3. The molecular formula is C23H25F2N3O2. The van der Waals surface area contributed by atoms with E-state index >= 15 is 0 Å². The van der Waals surface area contributed by atoms with Gasteiger partial charge in [0.2, 0.25) is 5.91 Å². The molecule has 5 nitrogen and oxygen atoms in total. The van der Waals surface area contributed by atoms with E-state index in [4.69, 9.17) is 4.74 Å². The Hall–Kier alpha value is -2.93. The fourth-order valence-corrected chi connectivity index (χ4v) is 4.47. The average molecular weight is 413 g/mol. The van der Waals surface area contributed by atoms with Crippen LogP contribution < -0.4 is 10.1 Å². The predicted octanol–water partition coefficient (Wildman–Crippen LogP) is 3.57. The lowest BCUT2D eigenvalue weighted by molar-refractivity contribution is -0.119. The average Bonchev–Trinajstić information content (AvgIpc) is 3.25. The first-order valence-electron chi connectivity index (χ1n) is 9.92. The lowest BCUT2D eigenvalue weighted by atomic mass is 9.93. The van der Waals surface area contributed by atoms with Gasteiger partial charge in [-0.2, -0.15) is 0 Å². The monoisotopic (exact) mass is 413 g/mol. The van der Waals surface area contributed by atoms with E-state index in [2.05, 4.69) is 21.0 Å². The van der Waals surface area contributed by atoms with Gasteiger partial charge in [0.25, 0.3) is 0 Å². The van der Waals surface area contributed by atoms with Crippen LogP contribution in [0.25, 0.3) is 10.9 Å². The van der Waals surface area contributed by atoms with Gasteiger partial charge < -0.3 is 14.6 Å². The van der Waals surface area contributed by atoms with Gasteiger partial charge in [0.1, 0.15) is 5.75 Å². The van der Waals surface area contributed by atoms with Crippen molar-refractivity contribution in [2.45, 2.75) is 25.4 Å². The third-order valence-electron chi connectivity index (χ3n) is 5.84. The maximum Gasteiger partial charge on any atom is 0.217 e. The smallest absolute Gasteiger partial charge is 0.217 e. The van der Waals surface area contributed by atoms with Crippen LogP contribution in [0.3, 0.4) is 0 Å². The SMILES string of the molecule is COc1ccc2c(c1)c([C@H]1CN(Cc3cccc(F)c3F)C[C@@H]1NC(C)=O)cn2C. The largest absolute Gasteiger partial charge is 0.497 e. The van der Waals surface area contributed by atoms with Crippen molar-refractivity contribution in [3.05, 3.63) is 65.4 Å². The van der Waals surface area contributed by atoms with E-state index in [0.717, 1.165) is 28.3 Å². The zero-order chi connectivity index (χ0) is 21.4. The van der Waals surface area contributed by atoms with Crippen molar-refractivity contribution >= 4 is 16.8 Å². The Kier molecular flexibility index (Phi) is 5.47. The van der Waals surface area contributed by atoms with Crippen LogP contribution in [0, 0.1) is 11.6 Å². The van der Waals surface area contributed by atoms with Crippen molar-refractivity contribution < 1.29 is 18.3 Å². The van der Waals surface area contributed by atoms with Crippen LogP contribution in [0.2, 0.25) is 0 Å². The maximum atomic E-state index is 14.2. The summed E-state index contributed by atoms with van der Waals surface area (Å²) in [6, 6.07) is 10.0. The van der Waals surface area contributed by atoms with E-state index in [0.29, 0.717) is 18.7 Å². The summed E-state index contributed by atoms with van der Waals surface area (Å²) in [6.07, 6.45) is 2.08. The Balaban J connectivity index is 1.68. The first-order chi connectivity index (χ1) is 14.4. The van der Waals surface area contributed by atoms with Crippen molar-refractivity contribution in [2.75, 3.05) is 20.2 Å². The topological polar surface area (TPSA) is 46.5 Å². The van der Waals surface area contributed by atoms with Crippen molar-refractivity contribution in [1.29, 1.82) is 0 Å². The molecule has 0 aliphatic carbocycles. The third kappa shape index (κ3) is 3.77. The van der Waals surface area contributed by atoms with E-state index < -0.39 is 11.6 Å². The minimum atomic E-state index is -0.845. The number of halogens is 2. The van der Waals surface area contributed by atoms with Gasteiger partial charge in [0, 0.05) is 68.2 Å². The Morgan fingerprint density at radius 2 is 2.03 bits per heavy atom. The molecule has 1 saturated heterocycles. The molecule has 30 heavy (non-hydrogen) atoms. The van der Waals surface area contributed by atoms with Gasteiger partial charge in [-0.05, 0) is 29.8 Å². The number of rotatable bonds is 5. The summed E-state index contributed by atoms with van der Waals surface area (Å²) in [5.74, 6) is -0.986. The van der Waals surface area contributed by atoms with Crippen LogP contribution in [-0.4, -0.2) is 41.6 Å². The minimum Gasteiger partial charge on any atom is -0.497 e. The second kappa shape index (κ2) is 8.07. The molecule has 1 fully saturated rings. The van der Waals surface area contributed by atoms with E-state index in [9.17, 15) is 13.6 Å². The van der Waals surface area contributed by atoms with E-state index in [1.807, 2.05) is 25.2 Å². The molecule has 0 saturated carbocycles. The summed E-state index contributed by atoms with van der Waals surface area (Å²) in [6.45, 7) is 2.96. The first kappa shape index (κ1) is 20.3. The number of carbonyl (C=O) groups is 1. The molecule has 4 rings (SSSR count). The van der Waals surface area contributed by atoms with Gasteiger partial charge >= 0.3 is 0 Å². The first-order valence-corrected chi connectivity index (χ1v) is 9.92. The summed E-state index contributed by atoms with van der Waals surface area (Å²) in [5, 5.41) is 4.11. The van der Waals surface area contributed by atoms with Crippen LogP contribution in [0.4, 0.5) is 8.78 Å². The number of aromatic nitrogens is 1. The number of carbonyl (C=O) groups excluding carboxylic acids is 1. The highest BCUT2D eigenvalue weighted by Crippen LogP contribution is 2.36. The molecule has 2 atom stereocenters. The van der Waals surface area contributed by atoms with Crippen molar-refractivity contribution in [3.63, 3.8) is 0 Å². The molecule has 0 bridgehead atoms. The predicted molar refractivity (Wildman–Crippen MR) is 111 cm³/mol. The van der Waals surface area contributed by atoms with Gasteiger partial charge in [0.15, 0.2) is 11.6 Å². The zero-order valence-corrected chi connectivity index (χ0v) is 17.3. The number of ether oxygens (including phenoxy) is 1. The van der Waals surface area contributed by atoms with Crippen LogP contribution in [0.5, 0.6) is 5.75 Å². The number of nitrogens with zero attached hydrogens (tertiary/aromatic N) is 2. The van der Waals surface area contributed by atoms with E-state index in [1.165, 1.54) is 13.0 Å². The third-order valence-corrected chi connectivity index (χ3v) is 5.84. The molecule has 1 aliphatic heterocycles. The molecule has 0 radical (unpaired) electrons. The number of fused-ring (bicyclic) bond motifs is 1. The van der Waals surface area contributed by atoms with Crippen molar-refractivity contribution in [3.8, 4) is 5.75 Å². The van der Waals surface area contributed by atoms with Gasteiger partial charge in [-0.25, -0.2) is 8.78 Å². The van der Waals surface area contributed by atoms with Crippen LogP contribution in [0.15, 0.2) is 42.6 Å². The molecule has 1 N–H and O–H groups in total. The number of methoxy groups -OCH3 is 1. The Bertz CT molecular complexity index is 1100. The number of likely N-dealkylation sites (tertiary alicyclic amines) is 1. The Morgan fingerprint density at radius 1 is 1.23 bits per heavy atom. The molecule has 7 heteroatoms. The summed E-state index contributed by atoms with van der Waals surface area (Å²) in [5.41, 5.74) is 2.49. The summed E-state index contributed by atoms with van der Waals surface area (Å²) in [4.78, 5) is 13.9. The maximum absolute atomic E-state index is 14.2.